The second kappa shape index (κ2) is 4.93. The summed E-state index contributed by atoms with van der Waals surface area (Å²) < 4.78 is 6.16. The Morgan fingerprint density at radius 2 is 2.00 bits per heavy atom. The number of nitrogens with zero attached hydrogens (tertiary/aromatic N) is 1. The van der Waals surface area contributed by atoms with Crippen molar-refractivity contribution in [2.24, 2.45) is 0 Å². The fourth-order valence-corrected chi connectivity index (χ4v) is 3.80. The van der Waals surface area contributed by atoms with E-state index in [9.17, 15) is 9.59 Å². The summed E-state index contributed by atoms with van der Waals surface area (Å²) in [5.74, 6) is 0.580. The van der Waals surface area contributed by atoms with Crippen LogP contribution in [0.1, 0.15) is 30.9 Å². The third-order valence-corrected chi connectivity index (χ3v) is 5.33. The second-order valence-corrected chi connectivity index (χ2v) is 6.77. The highest BCUT2D eigenvalue weighted by atomic mass is 16.5. The molecule has 1 unspecified atom stereocenters. The molecule has 1 atom stereocenters. The lowest BCUT2D eigenvalue weighted by molar-refractivity contribution is -0.125. The number of ketones is 1. The number of rotatable bonds is 2. The van der Waals surface area contributed by atoms with Crippen molar-refractivity contribution in [3.05, 3.63) is 47.3 Å². The van der Waals surface area contributed by atoms with Gasteiger partial charge in [0, 0.05) is 19.2 Å². The van der Waals surface area contributed by atoms with Crippen LogP contribution < -0.4 is 5.32 Å². The number of likely N-dealkylation sites (tertiary alicyclic amines) is 1. The number of benzene rings is 1. The average Bonchev–Trinajstić information content (AvgIpc) is 3.08. The topological polar surface area (TPSA) is 58.6 Å². The van der Waals surface area contributed by atoms with Crippen LogP contribution >= 0.6 is 0 Å². The van der Waals surface area contributed by atoms with Crippen molar-refractivity contribution in [3.8, 4) is 0 Å². The highest BCUT2D eigenvalue weighted by molar-refractivity contribution is 6.11. The summed E-state index contributed by atoms with van der Waals surface area (Å²) in [5, 5.41) is 3.06. The van der Waals surface area contributed by atoms with Crippen LogP contribution in [0.2, 0.25) is 0 Å². The Morgan fingerprint density at radius 1 is 1.26 bits per heavy atom. The van der Waals surface area contributed by atoms with Crippen LogP contribution in [0.4, 0.5) is 0 Å². The first-order valence-electron chi connectivity index (χ1n) is 8.04. The maximum atomic E-state index is 12.0. The van der Waals surface area contributed by atoms with Gasteiger partial charge in [0.1, 0.15) is 5.82 Å². The van der Waals surface area contributed by atoms with Gasteiger partial charge in [0.2, 0.25) is 0 Å². The van der Waals surface area contributed by atoms with Crippen LogP contribution in [0.15, 0.2) is 36.2 Å². The zero-order valence-electron chi connectivity index (χ0n) is 13.2. The van der Waals surface area contributed by atoms with Gasteiger partial charge in [-0.1, -0.05) is 24.3 Å². The number of carbonyl (C=O) groups is 2. The lowest BCUT2D eigenvalue weighted by atomic mass is 9.84. The minimum absolute atomic E-state index is 0.176. The highest BCUT2D eigenvalue weighted by Gasteiger charge is 2.45. The van der Waals surface area contributed by atoms with Crippen molar-refractivity contribution in [2.75, 3.05) is 13.1 Å². The van der Waals surface area contributed by atoms with Gasteiger partial charge < -0.3 is 19.7 Å². The number of fused-ring (bicyclic) bond motifs is 2. The van der Waals surface area contributed by atoms with Crippen molar-refractivity contribution >= 4 is 12.1 Å². The second-order valence-electron chi connectivity index (χ2n) is 6.77. The maximum Gasteiger partial charge on any atom is 0.191 e. The summed E-state index contributed by atoms with van der Waals surface area (Å²) in [7, 11) is 0. The van der Waals surface area contributed by atoms with Gasteiger partial charge in [0.15, 0.2) is 17.6 Å². The summed E-state index contributed by atoms with van der Waals surface area (Å²) in [6.07, 6.45) is 4.00. The first kappa shape index (κ1) is 14.5. The van der Waals surface area contributed by atoms with Gasteiger partial charge in [-0.05, 0) is 30.9 Å². The zero-order valence-corrected chi connectivity index (χ0v) is 13.2. The number of carbonyl (C=O) groups excluding carboxylic acids is 2. The molecule has 4 rings (SSSR count). The van der Waals surface area contributed by atoms with Gasteiger partial charge in [0.05, 0.1) is 12.2 Å². The molecule has 0 amide bonds. The Bertz CT molecular complexity index is 704. The molecule has 1 fully saturated rings. The molecule has 0 radical (unpaired) electrons. The number of nitrogens with one attached hydrogen (secondary N) is 1. The fraction of sp³-hybridized carbons (Fsp3) is 0.444. The number of piperidine rings is 1. The molecule has 1 saturated heterocycles. The van der Waals surface area contributed by atoms with E-state index in [0.29, 0.717) is 12.9 Å². The van der Waals surface area contributed by atoms with Gasteiger partial charge in [-0.15, -0.1) is 0 Å². The molecule has 0 aliphatic carbocycles. The van der Waals surface area contributed by atoms with E-state index < -0.39 is 5.54 Å². The third-order valence-electron chi connectivity index (χ3n) is 5.33. The van der Waals surface area contributed by atoms with Crippen molar-refractivity contribution in [3.63, 3.8) is 0 Å². The summed E-state index contributed by atoms with van der Waals surface area (Å²) in [4.78, 5) is 25.3. The third kappa shape index (κ3) is 2.10. The van der Waals surface area contributed by atoms with Crippen molar-refractivity contribution < 1.29 is 14.3 Å². The Labute approximate surface area is 135 Å². The maximum absolute atomic E-state index is 12.0. The normalized spacial score (nSPS) is 28.5. The predicted molar refractivity (Wildman–Crippen MR) is 84.4 cm³/mol. The molecule has 3 heterocycles. The lowest BCUT2D eigenvalue weighted by Gasteiger charge is -2.41. The quantitative estimate of drug-likeness (QED) is 0.662. The van der Waals surface area contributed by atoms with Crippen molar-refractivity contribution in [1.29, 1.82) is 0 Å². The van der Waals surface area contributed by atoms with Crippen LogP contribution in [-0.4, -0.2) is 35.6 Å². The largest absolute Gasteiger partial charge is 0.365 e. The molecule has 23 heavy (non-hydrogen) atoms. The number of ether oxygens (including phenoxy) is 1. The Kier molecular flexibility index (Phi) is 3.10. The molecule has 0 bridgehead atoms. The Hall–Kier alpha value is -2.14. The summed E-state index contributed by atoms with van der Waals surface area (Å²) in [5.41, 5.74) is 1.29. The fourth-order valence-electron chi connectivity index (χ4n) is 3.80. The molecule has 3 aliphatic heterocycles. The molecule has 120 valence electrons. The van der Waals surface area contributed by atoms with E-state index in [1.165, 1.54) is 11.1 Å². The first-order chi connectivity index (χ1) is 11.1. The molecule has 1 aromatic carbocycles. The summed E-state index contributed by atoms with van der Waals surface area (Å²) in [6.45, 7) is 3.90. The highest BCUT2D eigenvalue weighted by Crippen LogP contribution is 2.44. The molecule has 1 N–H and O–H groups in total. The molecule has 0 saturated carbocycles. The van der Waals surface area contributed by atoms with Gasteiger partial charge in [-0.3, -0.25) is 4.79 Å². The Morgan fingerprint density at radius 3 is 2.70 bits per heavy atom. The van der Waals surface area contributed by atoms with Gasteiger partial charge >= 0.3 is 0 Å². The van der Waals surface area contributed by atoms with Gasteiger partial charge in [0.25, 0.3) is 0 Å². The monoisotopic (exact) mass is 312 g/mol. The van der Waals surface area contributed by atoms with E-state index in [0.717, 1.165) is 31.8 Å². The van der Waals surface area contributed by atoms with Crippen LogP contribution in [0.5, 0.6) is 0 Å². The Balaban J connectivity index is 1.50. The summed E-state index contributed by atoms with van der Waals surface area (Å²) in [6, 6.07) is 8.41. The van der Waals surface area contributed by atoms with Crippen LogP contribution in [-0.2, 0) is 26.5 Å². The molecular formula is C18H20N2O3. The number of hydrogen-bond acceptors (Lipinski definition) is 5. The van der Waals surface area contributed by atoms with Crippen LogP contribution in [0, 0.1) is 0 Å². The smallest absolute Gasteiger partial charge is 0.191 e. The number of aldehydes is 1. The molecule has 1 spiro atoms. The van der Waals surface area contributed by atoms with E-state index >= 15 is 0 Å². The summed E-state index contributed by atoms with van der Waals surface area (Å²) >= 11 is 0. The van der Waals surface area contributed by atoms with Crippen LogP contribution in [0.25, 0.3) is 0 Å². The average molecular weight is 312 g/mol. The van der Waals surface area contributed by atoms with E-state index in [-0.39, 0.29) is 11.4 Å². The molecular weight excluding hydrogens is 292 g/mol. The first-order valence-corrected chi connectivity index (χ1v) is 8.04. The van der Waals surface area contributed by atoms with Gasteiger partial charge in [-0.25, -0.2) is 0 Å². The SMILES string of the molecule is CC1(C=O)NC(N2CCC3(CC2)OCc2ccccc23)=CC1=O. The minimum atomic E-state index is -1.11. The van der Waals surface area contributed by atoms with E-state index in [1.54, 1.807) is 13.0 Å². The number of hydrogen-bond donors (Lipinski definition) is 1. The van der Waals surface area contributed by atoms with E-state index in [4.69, 9.17) is 4.74 Å². The van der Waals surface area contributed by atoms with Crippen LogP contribution in [0.3, 0.4) is 0 Å². The van der Waals surface area contributed by atoms with Gasteiger partial charge in [-0.2, -0.15) is 0 Å². The predicted octanol–water partition coefficient (Wildman–Crippen LogP) is 1.48. The lowest BCUT2D eigenvalue weighted by Crippen LogP contribution is -2.49. The molecule has 3 aliphatic rings. The molecule has 5 heteroatoms. The zero-order chi connectivity index (χ0) is 16.1. The molecule has 0 aromatic heterocycles. The van der Waals surface area contributed by atoms with E-state index in [1.807, 2.05) is 0 Å². The molecule has 5 nitrogen and oxygen atoms in total. The standard InChI is InChI=1S/C18H20N2O3/c1-17(12-21)15(22)10-16(19-17)20-8-6-18(7-9-20)14-5-3-2-4-13(14)11-23-18/h2-5,10,12,19H,6-9,11H2,1H3. The van der Waals surface area contributed by atoms with E-state index in [2.05, 4.69) is 34.5 Å². The van der Waals surface area contributed by atoms with Crippen molar-refractivity contribution in [2.45, 2.75) is 37.5 Å². The minimum Gasteiger partial charge on any atom is -0.365 e. The molecule has 1 aromatic rings. The van der Waals surface area contributed by atoms with Crippen molar-refractivity contribution in [1.82, 2.24) is 10.2 Å².